The van der Waals surface area contributed by atoms with Crippen molar-refractivity contribution in [3.05, 3.63) is 76.3 Å². The lowest BCUT2D eigenvalue weighted by molar-refractivity contribution is -0.136. The molecule has 0 aliphatic carbocycles. The van der Waals surface area contributed by atoms with Crippen molar-refractivity contribution in [2.24, 2.45) is 0 Å². The molecule has 0 saturated heterocycles. The van der Waals surface area contributed by atoms with Crippen LogP contribution in [0.25, 0.3) is 5.57 Å². The van der Waals surface area contributed by atoms with Gasteiger partial charge in [-0.2, -0.15) is 0 Å². The van der Waals surface area contributed by atoms with E-state index in [2.05, 4.69) is 28.1 Å². The maximum atomic E-state index is 12.2. The molecule has 114 valence electrons. The van der Waals surface area contributed by atoms with Crippen LogP contribution >= 0.6 is 15.9 Å². The predicted octanol–water partition coefficient (Wildman–Crippen LogP) is 5.03. The molecule has 0 spiro atoms. The summed E-state index contributed by atoms with van der Waals surface area (Å²) in [4.78, 5) is 12.2. The number of hydrogen-bond donors (Lipinski definition) is 0. The van der Waals surface area contributed by atoms with Crippen molar-refractivity contribution in [2.45, 2.75) is 19.8 Å². The molecular formula is C19H19BrO2. The number of benzene rings is 2. The van der Waals surface area contributed by atoms with E-state index in [1.807, 2.05) is 55.5 Å². The van der Waals surface area contributed by atoms with E-state index in [0.717, 1.165) is 22.9 Å². The largest absolute Gasteiger partial charge is 0.462 e. The van der Waals surface area contributed by atoms with Crippen molar-refractivity contribution in [3.63, 3.8) is 0 Å². The molecule has 0 N–H and O–H groups in total. The summed E-state index contributed by atoms with van der Waals surface area (Å²) >= 11 is 3.44. The van der Waals surface area contributed by atoms with Crippen LogP contribution in [0.5, 0.6) is 0 Å². The number of carbonyl (C=O) groups is 1. The van der Waals surface area contributed by atoms with Crippen LogP contribution in [0.3, 0.4) is 0 Å². The van der Waals surface area contributed by atoms with Gasteiger partial charge in [0.05, 0.1) is 12.2 Å². The highest BCUT2D eigenvalue weighted by Crippen LogP contribution is 2.21. The third-order valence-electron chi connectivity index (χ3n) is 3.26. The molecule has 0 fully saturated rings. The number of ether oxygens (including phenoxy) is 1. The first kappa shape index (κ1) is 16.5. The Labute approximate surface area is 139 Å². The van der Waals surface area contributed by atoms with Crippen molar-refractivity contribution >= 4 is 27.5 Å². The molecule has 0 heterocycles. The minimum atomic E-state index is -0.270. The number of rotatable bonds is 6. The van der Waals surface area contributed by atoms with Gasteiger partial charge in [-0.15, -0.1) is 0 Å². The predicted molar refractivity (Wildman–Crippen MR) is 93.5 cm³/mol. The van der Waals surface area contributed by atoms with E-state index >= 15 is 0 Å². The van der Waals surface area contributed by atoms with E-state index in [1.54, 1.807) is 0 Å². The summed E-state index contributed by atoms with van der Waals surface area (Å²) in [6.07, 6.45) is 3.66. The number of aryl methyl sites for hydroxylation is 1. The van der Waals surface area contributed by atoms with Gasteiger partial charge in [-0.05, 0) is 43.0 Å². The Morgan fingerprint density at radius 3 is 2.59 bits per heavy atom. The van der Waals surface area contributed by atoms with Gasteiger partial charge in [0, 0.05) is 4.47 Å². The van der Waals surface area contributed by atoms with Crippen LogP contribution in [0.4, 0.5) is 0 Å². The monoisotopic (exact) mass is 358 g/mol. The van der Waals surface area contributed by atoms with Gasteiger partial charge in [-0.3, -0.25) is 0 Å². The van der Waals surface area contributed by atoms with Crippen molar-refractivity contribution < 1.29 is 9.53 Å². The molecule has 0 unspecified atom stereocenters. The first-order valence-corrected chi connectivity index (χ1v) is 8.17. The van der Waals surface area contributed by atoms with Gasteiger partial charge in [0.25, 0.3) is 0 Å². The normalized spacial score (nSPS) is 11.3. The first-order valence-electron chi connectivity index (χ1n) is 7.38. The standard InChI is InChI=1S/C19H19BrO2/c1-2-22-19(21)18(16-11-7-12-17(20)14-16)13-6-10-15-8-4-3-5-9-15/h3-5,7-9,11-14H,2,6,10H2,1H3/b18-13+. The number of halogens is 1. The van der Waals surface area contributed by atoms with Crippen LogP contribution in [0.2, 0.25) is 0 Å². The third kappa shape index (κ3) is 4.85. The Morgan fingerprint density at radius 2 is 1.91 bits per heavy atom. The third-order valence-corrected chi connectivity index (χ3v) is 3.75. The highest BCUT2D eigenvalue weighted by molar-refractivity contribution is 9.10. The topological polar surface area (TPSA) is 26.3 Å². The lowest BCUT2D eigenvalue weighted by Crippen LogP contribution is -2.07. The molecule has 0 radical (unpaired) electrons. The lowest BCUT2D eigenvalue weighted by Gasteiger charge is -2.08. The summed E-state index contributed by atoms with van der Waals surface area (Å²) in [5, 5.41) is 0. The fourth-order valence-electron chi connectivity index (χ4n) is 2.21. The lowest BCUT2D eigenvalue weighted by atomic mass is 10.0. The molecule has 0 amide bonds. The molecule has 2 aromatic rings. The van der Waals surface area contributed by atoms with Gasteiger partial charge < -0.3 is 4.74 Å². The summed E-state index contributed by atoms with van der Waals surface area (Å²) in [6.45, 7) is 2.20. The molecule has 0 bridgehead atoms. The molecule has 2 nitrogen and oxygen atoms in total. The van der Waals surface area contributed by atoms with E-state index < -0.39 is 0 Å². The Morgan fingerprint density at radius 1 is 1.14 bits per heavy atom. The van der Waals surface area contributed by atoms with E-state index in [0.29, 0.717) is 12.2 Å². The van der Waals surface area contributed by atoms with Gasteiger partial charge in [-0.25, -0.2) is 4.79 Å². The second kappa shape index (κ2) is 8.54. The maximum absolute atomic E-state index is 12.2. The molecule has 22 heavy (non-hydrogen) atoms. The van der Waals surface area contributed by atoms with Crippen molar-refractivity contribution in [2.75, 3.05) is 6.61 Å². The van der Waals surface area contributed by atoms with E-state index in [1.165, 1.54) is 5.56 Å². The van der Waals surface area contributed by atoms with Gasteiger partial charge >= 0.3 is 5.97 Å². The second-order valence-corrected chi connectivity index (χ2v) is 5.79. The SMILES string of the molecule is CCOC(=O)/C(=C/CCc1ccccc1)c1cccc(Br)c1. The summed E-state index contributed by atoms with van der Waals surface area (Å²) in [5.41, 5.74) is 2.76. The van der Waals surface area contributed by atoms with Crippen LogP contribution in [0, 0.1) is 0 Å². The molecule has 3 heteroatoms. The Bertz CT molecular complexity index is 647. The minimum absolute atomic E-state index is 0.270. The van der Waals surface area contributed by atoms with E-state index in [4.69, 9.17) is 4.74 Å². The van der Waals surface area contributed by atoms with Gasteiger partial charge in [0.2, 0.25) is 0 Å². The fraction of sp³-hybridized carbons (Fsp3) is 0.211. The van der Waals surface area contributed by atoms with Crippen molar-refractivity contribution in [1.82, 2.24) is 0 Å². The molecule has 0 aromatic heterocycles. The van der Waals surface area contributed by atoms with E-state index in [-0.39, 0.29) is 5.97 Å². The second-order valence-electron chi connectivity index (χ2n) is 4.87. The average molecular weight is 359 g/mol. The molecule has 0 aliphatic heterocycles. The zero-order valence-electron chi connectivity index (χ0n) is 12.6. The number of hydrogen-bond acceptors (Lipinski definition) is 2. The molecule has 2 rings (SSSR count). The number of carbonyl (C=O) groups excluding carboxylic acids is 1. The average Bonchev–Trinajstić information content (AvgIpc) is 2.53. The maximum Gasteiger partial charge on any atom is 0.338 e. The van der Waals surface area contributed by atoms with Crippen LogP contribution in [-0.4, -0.2) is 12.6 Å². The Hall–Kier alpha value is -1.87. The van der Waals surface area contributed by atoms with E-state index in [9.17, 15) is 4.79 Å². The molecule has 0 aliphatic rings. The smallest absolute Gasteiger partial charge is 0.338 e. The summed E-state index contributed by atoms with van der Waals surface area (Å²) < 4.78 is 6.13. The number of allylic oxidation sites excluding steroid dienone is 1. The highest BCUT2D eigenvalue weighted by atomic mass is 79.9. The molecule has 0 saturated carbocycles. The highest BCUT2D eigenvalue weighted by Gasteiger charge is 2.13. The quantitative estimate of drug-likeness (QED) is 0.534. The van der Waals surface area contributed by atoms with Gasteiger partial charge in [0.15, 0.2) is 0 Å². The summed E-state index contributed by atoms with van der Waals surface area (Å²) in [5.74, 6) is -0.270. The van der Waals surface area contributed by atoms with Crippen LogP contribution in [-0.2, 0) is 16.0 Å². The molecule has 0 atom stereocenters. The summed E-state index contributed by atoms with van der Waals surface area (Å²) in [6, 6.07) is 18.0. The first-order chi connectivity index (χ1) is 10.7. The van der Waals surface area contributed by atoms with Gasteiger partial charge in [-0.1, -0.05) is 64.5 Å². The van der Waals surface area contributed by atoms with Gasteiger partial charge in [0.1, 0.15) is 0 Å². The Balaban J connectivity index is 2.17. The van der Waals surface area contributed by atoms with Crippen LogP contribution < -0.4 is 0 Å². The van der Waals surface area contributed by atoms with Crippen molar-refractivity contribution in [1.29, 1.82) is 0 Å². The zero-order valence-corrected chi connectivity index (χ0v) is 14.2. The Kier molecular flexibility index (Phi) is 6.41. The molecular weight excluding hydrogens is 340 g/mol. The summed E-state index contributed by atoms with van der Waals surface area (Å²) in [7, 11) is 0. The van der Waals surface area contributed by atoms with Crippen LogP contribution in [0.1, 0.15) is 24.5 Å². The molecule has 2 aromatic carbocycles. The minimum Gasteiger partial charge on any atom is -0.462 e. The fourth-order valence-corrected chi connectivity index (χ4v) is 2.61. The number of esters is 1. The zero-order chi connectivity index (χ0) is 15.8. The van der Waals surface area contributed by atoms with Crippen LogP contribution in [0.15, 0.2) is 65.1 Å². The van der Waals surface area contributed by atoms with Crippen molar-refractivity contribution in [3.8, 4) is 0 Å².